The average molecular weight is 359 g/mol. The van der Waals surface area contributed by atoms with Gasteiger partial charge in [-0.2, -0.15) is 18.4 Å². The highest BCUT2D eigenvalue weighted by Crippen LogP contribution is 2.34. The van der Waals surface area contributed by atoms with Crippen molar-refractivity contribution >= 4 is 27.4 Å². The summed E-state index contributed by atoms with van der Waals surface area (Å²) in [7, 11) is 0. The van der Waals surface area contributed by atoms with Crippen molar-refractivity contribution in [3.8, 4) is 6.07 Å². The molecule has 1 aromatic carbocycles. The first-order valence-corrected chi connectivity index (χ1v) is 6.24. The van der Waals surface area contributed by atoms with Crippen molar-refractivity contribution in [2.75, 3.05) is 5.32 Å². The monoisotopic (exact) mass is 358 g/mol. The van der Waals surface area contributed by atoms with E-state index in [1.54, 1.807) is 0 Å². The van der Waals surface area contributed by atoms with E-state index in [1.165, 1.54) is 12.1 Å². The van der Waals surface area contributed by atoms with Crippen LogP contribution in [0.3, 0.4) is 0 Å². The Kier molecular flexibility index (Phi) is 3.99. The van der Waals surface area contributed by atoms with E-state index in [9.17, 15) is 18.0 Å². The van der Waals surface area contributed by atoms with Crippen molar-refractivity contribution in [3.63, 3.8) is 0 Å². The second-order valence-electron chi connectivity index (χ2n) is 3.89. The number of hydrogen-bond donors (Lipinski definition) is 2. The second-order valence-corrected chi connectivity index (χ2v) is 4.68. The van der Waals surface area contributed by atoms with Gasteiger partial charge in [0.1, 0.15) is 4.47 Å². The van der Waals surface area contributed by atoms with E-state index in [4.69, 9.17) is 5.26 Å². The zero-order valence-corrected chi connectivity index (χ0v) is 11.7. The molecule has 2 aromatic rings. The summed E-state index contributed by atoms with van der Waals surface area (Å²) < 4.78 is 38.6. The summed E-state index contributed by atoms with van der Waals surface area (Å²) in [5.41, 5.74) is -1.96. The number of rotatable bonds is 2. The predicted octanol–water partition coefficient (Wildman–Crippen LogP) is 3.17. The van der Waals surface area contributed by atoms with Gasteiger partial charge in [0, 0.05) is 5.69 Å². The summed E-state index contributed by atoms with van der Waals surface area (Å²) >= 11 is 2.98. The molecule has 5 nitrogen and oxygen atoms in total. The number of alkyl halides is 3. The van der Waals surface area contributed by atoms with Crippen LogP contribution in [0.15, 0.2) is 33.8 Å². The number of hydrogen-bond acceptors (Lipinski definition) is 4. The maximum atomic E-state index is 12.8. The van der Waals surface area contributed by atoms with Crippen LogP contribution in [0.25, 0.3) is 0 Å². The molecule has 0 unspecified atom stereocenters. The highest BCUT2D eigenvalue weighted by atomic mass is 79.9. The Morgan fingerprint density at radius 3 is 2.71 bits per heavy atom. The van der Waals surface area contributed by atoms with Gasteiger partial charge in [0.2, 0.25) is 0 Å². The molecule has 9 heteroatoms. The molecule has 0 saturated carbocycles. The van der Waals surface area contributed by atoms with Crippen molar-refractivity contribution in [3.05, 3.63) is 50.5 Å². The molecule has 0 spiro atoms. The molecule has 0 aliphatic heterocycles. The molecule has 21 heavy (non-hydrogen) atoms. The third kappa shape index (κ3) is 3.22. The fraction of sp³-hybridized carbons (Fsp3) is 0.0833. The highest BCUT2D eigenvalue weighted by Gasteiger charge is 2.33. The van der Waals surface area contributed by atoms with Crippen LogP contribution in [-0.4, -0.2) is 9.97 Å². The zero-order chi connectivity index (χ0) is 15.6. The van der Waals surface area contributed by atoms with E-state index in [2.05, 4.69) is 31.2 Å². The number of nitrogens with zero attached hydrogens (tertiary/aromatic N) is 2. The van der Waals surface area contributed by atoms with Gasteiger partial charge in [-0.1, -0.05) is 0 Å². The maximum Gasteiger partial charge on any atom is 0.417 e. The predicted molar refractivity (Wildman–Crippen MR) is 72.0 cm³/mol. The van der Waals surface area contributed by atoms with Gasteiger partial charge in [-0.25, -0.2) is 4.98 Å². The molecule has 0 aliphatic rings. The van der Waals surface area contributed by atoms with Gasteiger partial charge < -0.3 is 10.3 Å². The van der Waals surface area contributed by atoms with Crippen LogP contribution in [0.4, 0.5) is 24.7 Å². The molecule has 1 heterocycles. The van der Waals surface area contributed by atoms with Crippen LogP contribution in [0.5, 0.6) is 0 Å². The number of halogens is 4. The molecule has 108 valence electrons. The summed E-state index contributed by atoms with van der Waals surface area (Å²) in [6, 6.07) is 4.61. The molecular formula is C12H6BrF3N4O. The topological polar surface area (TPSA) is 81.6 Å². The van der Waals surface area contributed by atoms with Crippen LogP contribution in [0.2, 0.25) is 0 Å². The van der Waals surface area contributed by atoms with Gasteiger partial charge in [0.15, 0.2) is 5.82 Å². The van der Waals surface area contributed by atoms with E-state index in [1.807, 2.05) is 0 Å². The molecule has 0 fully saturated rings. The lowest BCUT2D eigenvalue weighted by molar-refractivity contribution is -0.137. The number of benzene rings is 1. The first-order chi connectivity index (χ1) is 9.82. The molecule has 0 radical (unpaired) electrons. The maximum absolute atomic E-state index is 12.8. The molecule has 2 N–H and O–H groups in total. The summed E-state index contributed by atoms with van der Waals surface area (Å²) in [6.07, 6.45) is -3.54. The van der Waals surface area contributed by atoms with Gasteiger partial charge in [0.05, 0.1) is 23.5 Å². The molecule has 0 bridgehead atoms. The van der Waals surface area contributed by atoms with Crippen LogP contribution in [-0.2, 0) is 6.18 Å². The zero-order valence-electron chi connectivity index (χ0n) is 10.1. The van der Waals surface area contributed by atoms with Crippen molar-refractivity contribution in [2.24, 2.45) is 0 Å². The number of aromatic nitrogens is 2. The van der Waals surface area contributed by atoms with E-state index in [-0.39, 0.29) is 16.0 Å². The summed E-state index contributed by atoms with van der Waals surface area (Å²) in [5, 5.41) is 11.3. The largest absolute Gasteiger partial charge is 0.417 e. The molecule has 2 rings (SSSR count). The second kappa shape index (κ2) is 5.57. The Balaban J connectivity index is 2.45. The van der Waals surface area contributed by atoms with Gasteiger partial charge in [-0.3, -0.25) is 4.79 Å². The third-order valence-electron chi connectivity index (χ3n) is 2.50. The van der Waals surface area contributed by atoms with E-state index in [0.717, 1.165) is 18.5 Å². The lowest BCUT2D eigenvalue weighted by Gasteiger charge is -2.12. The third-order valence-corrected chi connectivity index (χ3v) is 3.24. The fourth-order valence-corrected chi connectivity index (χ4v) is 1.88. The molecule has 1 aromatic heterocycles. The van der Waals surface area contributed by atoms with E-state index >= 15 is 0 Å². The number of nitrogens with one attached hydrogen (secondary N) is 2. The SMILES string of the molecule is N#Cc1ccc(Nc2nc[nH]c(=O)c2Br)cc1C(F)(F)F. The van der Waals surface area contributed by atoms with E-state index < -0.39 is 22.9 Å². The van der Waals surface area contributed by atoms with Crippen molar-refractivity contribution in [2.45, 2.75) is 6.18 Å². The molecular weight excluding hydrogens is 353 g/mol. The minimum atomic E-state index is -4.65. The van der Waals surface area contributed by atoms with Gasteiger partial charge in [0.25, 0.3) is 5.56 Å². The van der Waals surface area contributed by atoms with Crippen molar-refractivity contribution < 1.29 is 13.2 Å². The van der Waals surface area contributed by atoms with Crippen LogP contribution < -0.4 is 10.9 Å². The molecule has 0 amide bonds. The highest BCUT2D eigenvalue weighted by molar-refractivity contribution is 9.10. The summed E-state index contributed by atoms with van der Waals surface area (Å²) in [5.74, 6) is 0.0663. The molecule has 0 atom stereocenters. The fourth-order valence-electron chi connectivity index (χ4n) is 1.56. The number of nitriles is 1. The van der Waals surface area contributed by atoms with Gasteiger partial charge in [-0.05, 0) is 34.1 Å². The summed E-state index contributed by atoms with van der Waals surface area (Å²) in [6.45, 7) is 0. The Morgan fingerprint density at radius 1 is 1.38 bits per heavy atom. The van der Waals surface area contributed by atoms with Crippen molar-refractivity contribution in [1.29, 1.82) is 5.26 Å². The summed E-state index contributed by atoms with van der Waals surface area (Å²) in [4.78, 5) is 17.5. The number of aromatic amines is 1. The smallest absolute Gasteiger partial charge is 0.339 e. The first kappa shape index (κ1) is 15.1. The average Bonchev–Trinajstić information content (AvgIpc) is 2.43. The standard InChI is InChI=1S/C12H6BrF3N4O/c13-9-10(18-5-19-11(9)21)20-7-2-1-6(4-17)8(3-7)12(14,15)16/h1-3,5H,(H2,18,19,20,21). The quantitative estimate of drug-likeness (QED) is 0.863. The lowest BCUT2D eigenvalue weighted by atomic mass is 10.1. The van der Waals surface area contributed by atoms with Gasteiger partial charge >= 0.3 is 6.18 Å². The van der Waals surface area contributed by atoms with Crippen molar-refractivity contribution in [1.82, 2.24) is 9.97 Å². The number of H-pyrrole nitrogens is 1. The Bertz CT molecular complexity index is 779. The molecule has 0 aliphatic carbocycles. The number of anilines is 2. The minimum absolute atomic E-state index is 0.0557. The Morgan fingerprint density at radius 2 is 2.10 bits per heavy atom. The van der Waals surface area contributed by atoms with E-state index in [0.29, 0.717) is 0 Å². The lowest BCUT2D eigenvalue weighted by Crippen LogP contribution is -2.11. The molecule has 0 saturated heterocycles. The minimum Gasteiger partial charge on any atom is -0.339 e. The van der Waals surface area contributed by atoms with Gasteiger partial charge in [-0.15, -0.1) is 0 Å². The van der Waals surface area contributed by atoms with Crippen LogP contribution in [0.1, 0.15) is 11.1 Å². The van der Waals surface area contributed by atoms with Crippen LogP contribution >= 0.6 is 15.9 Å². The normalized spacial score (nSPS) is 11.0. The Hall–Kier alpha value is -2.34. The Labute approximate surface area is 124 Å². The first-order valence-electron chi connectivity index (χ1n) is 5.44. The van der Waals surface area contributed by atoms with Crippen LogP contribution in [0, 0.1) is 11.3 Å².